The van der Waals surface area contributed by atoms with Crippen molar-refractivity contribution in [3.8, 4) is 0 Å². The maximum absolute atomic E-state index is 15.2. The van der Waals surface area contributed by atoms with Crippen molar-refractivity contribution < 1.29 is 33.5 Å². The zero-order valence-corrected chi connectivity index (χ0v) is 47.2. The highest BCUT2D eigenvalue weighted by Crippen LogP contribution is 2.44. The molecule has 0 spiro atoms. The number of esters is 2. The molecule has 402 valence electrons. The molecular formula is C66H52IN5O7S2. The van der Waals surface area contributed by atoms with Gasteiger partial charge in [-0.25, -0.2) is 14.6 Å². The molecule has 2 aliphatic rings. The van der Waals surface area contributed by atoms with E-state index in [0.29, 0.717) is 20.9 Å². The molecule has 3 atom stereocenters. The molecule has 2 amide bonds. The third-order valence-electron chi connectivity index (χ3n) is 14.0. The summed E-state index contributed by atoms with van der Waals surface area (Å²) in [6, 6.07) is 75.4. The first kappa shape index (κ1) is 54.3. The van der Waals surface area contributed by atoms with E-state index in [9.17, 15) is 14.4 Å². The number of rotatable bonds is 20. The van der Waals surface area contributed by atoms with Crippen LogP contribution in [0.3, 0.4) is 0 Å². The number of hydrogen-bond donors (Lipinski definition) is 2. The number of oxime groups is 1. The van der Waals surface area contributed by atoms with E-state index in [2.05, 4.69) is 74.8 Å². The molecule has 1 saturated heterocycles. The number of fused-ring (bicyclic) bond motifs is 1. The number of amides is 2. The van der Waals surface area contributed by atoms with Crippen molar-refractivity contribution >= 4 is 80.3 Å². The lowest BCUT2D eigenvalue weighted by Gasteiger charge is -2.49. The number of nitrogens with zero attached hydrogens (tertiary/aromatic N) is 3. The van der Waals surface area contributed by atoms with Gasteiger partial charge in [0.1, 0.15) is 28.3 Å². The number of halogens is 1. The Morgan fingerprint density at radius 1 is 0.605 bits per heavy atom. The molecule has 2 N–H and O–H groups in total. The number of carbonyl (C=O) groups is 4. The molecule has 0 bridgehead atoms. The number of thiazole rings is 1. The smallest absolute Gasteiger partial charge is 0.356 e. The average Bonchev–Trinajstić information content (AvgIpc) is 4.04. The van der Waals surface area contributed by atoms with E-state index in [1.807, 2.05) is 182 Å². The third kappa shape index (κ3) is 11.7. The lowest BCUT2D eigenvalue weighted by Crippen LogP contribution is -2.71. The lowest BCUT2D eigenvalue weighted by molar-refractivity contribution is -0.162. The van der Waals surface area contributed by atoms with Crippen molar-refractivity contribution in [1.82, 2.24) is 15.2 Å². The van der Waals surface area contributed by atoms with E-state index in [-0.39, 0.29) is 17.1 Å². The van der Waals surface area contributed by atoms with Crippen LogP contribution < -0.4 is 10.6 Å². The van der Waals surface area contributed by atoms with Crippen LogP contribution in [0.15, 0.2) is 264 Å². The Morgan fingerprint density at radius 3 is 1.47 bits per heavy atom. The molecule has 2 aliphatic heterocycles. The predicted molar refractivity (Wildman–Crippen MR) is 324 cm³/mol. The van der Waals surface area contributed by atoms with Gasteiger partial charge in [0.15, 0.2) is 23.1 Å². The summed E-state index contributed by atoms with van der Waals surface area (Å²) < 4.78 is 13.2. The average molecular weight is 1220 g/mol. The topological polar surface area (TPSA) is 149 Å². The zero-order valence-electron chi connectivity index (χ0n) is 43.4. The van der Waals surface area contributed by atoms with Gasteiger partial charge >= 0.3 is 11.9 Å². The molecule has 8 aromatic carbocycles. The molecule has 0 aliphatic carbocycles. The number of benzene rings is 8. The molecule has 81 heavy (non-hydrogen) atoms. The van der Waals surface area contributed by atoms with Crippen LogP contribution in [0.25, 0.3) is 0 Å². The second-order valence-electron chi connectivity index (χ2n) is 19.0. The summed E-state index contributed by atoms with van der Waals surface area (Å²) >= 11 is 4.87. The molecule has 1 aromatic heterocycles. The maximum Gasteiger partial charge on any atom is 0.356 e. The summed E-state index contributed by atoms with van der Waals surface area (Å²) in [5.41, 5.74) is 5.89. The van der Waals surface area contributed by atoms with Crippen molar-refractivity contribution in [2.75, 3.05) is 15.5 Å². The van der Waals surface area contributed by atoms with E-state index < -0.39 is 59.0 Å². The van der Waals surface area contributed by atoms with Crippen LogP contribution in [0.1, 0.15) is 68.5 Å². The highest BCUT2D eigenvalue weighted by molar-refractivity contribution is 14.1. The van der Waals surface area contributed by atoms with Gasteiger partial charge in [-0.05, 0) is 44.5 Å². The second-order valence-corrected chi connectivity index (χ2v) is 21.8. The Morgan fingerprint density at radius 2 is 1.02 bits per heavy atom. The summed E-state index contributed by atoms with van der Waals surface area (Å²) in [5.74, 6) is -2.34. The van der Waals surface area contributed by atoms with Crippen molar-refractivity contribution in [3.63, 3.8) is 0 Å². The predicted octanol–water partition coefficient (Wildman–Crippen LogP) is 12.8. The van der Waals surface area contributed by atoms with E-state index >= 15 is 4.79 Å². The number of carbonyl (C=O) groups excluding carboxylic acids is 4. The van der Waals surface area contributed by atoms with Crippen LogP contribution in [-0.4, -0.2) is 60.9 Å². The summed E-state index contributed by atoms with van der Waals surface area (Å²) in [6.07, 6.45) is -3.05. The third-order valence-corrected chi connectivity index (χ3v) is 17.0. The first-order valence-corrected chi connectivity index (χ1v) is 29.6. The van der Waals surface area contributed by atoms with E-state index in [4.69, 9.17) is 19.3 Å². The van der Waals surface area contributed by atoms with Gasteiger partial charge in [-0.15, -0.1) is 23.1 Å². The normalized spacial score (nSPS) is 15.5. The van der Waals surface area contributed by atoms with Crippen molar-refractivity contribution in [3.05, 3.63) is 310 Å². The second kappa shape index (κ2) is 25.2. The standard InChI is InChI=1S/C66H52IN5O7S2/c67-41-49-42-80-62-55(61(74)72(62)56(49)63(75)77-57(44-25-9-1-10-26-44)45-27-11-2-12-28-45)69-60(73)54(71-79-59(48-33-17-5-18-34-48)64(76)78-58(46-29-13-3-14-30-46)47-31-15-4-16-32-47)53-43-81-65(68-53)70-66(50-35-19-6-20-36-50,51-37-21-7-22-38-51)52-39-23-8-24-40-52/h1-40,43,55,57-59,62H,41-42H2,(H,68,70)(H,69,73)/t55-,59?,62+/m1/s1. The summed E-state index contributed by atoms with van der Waals surface area (Å²) in [7, 11) is 0. The molecule has 12 nitrogen and oxygen atoms in total. The summed E-state index contributed by atoms with van der Waals surface area (Å²) in [6.45, 7) is 0. The minimum atomic E-state index is -1.47. The minimum absolute atomic E-state index is 0.0962. The Hall–Kier alpha value is -8.64. The largest absolute Gasteiger partial charge is 0.449 e. The first-order valence-electron chi connectivity index (χ1n) is 26.1. The molecule has 0 saturated carbocycles. The quantitative estimate of drug-likeness (QED) is 0.0144. The highest BCUT2D eigenvalue weighted by Gasteiger charge is 2.55. The van der Waals surface area contributed by atoms with Crippen molar-refractivity contribution in [2.45, 2.75) is 35.3 Å². The fraction of sp³-hybridized carbons (Fsp3) is 0.121. The Labute approximate surface area is 491 Å². The van der Waals surface area contributed by atoms with Crippen LogP contribution in [0.4, 0.5) is 5.13 Å². The monoisotopic (exact) mass is 1220 g/mol. The van der Waals surface area contributed by atoms with Crippen LogP contribution in [0, 0.1) is 0 Å². The number of thioether (sulfide) groups is 1. The van der Waals surface area contributed by atoms with E-state index in [0.717, 1.165) is 44.5 Å². The maximum atomic E-state index is 15.2. The van der Waals surface area contributed by atoms with Gasteiger partial charge in [-0.3, -0.25) is 14.5 Å². The van der Waals surface area contributed by atoms with E-state index in [1.54, 1.807) is 29.6 Å². The highest BCUT2D eigenvalue weighted by atomic mass is 127. The van der Waals surface area contributed by atoms with Crippen LogP contribution in [0.2, 0.25) is 0 Å². The number of nitrogens with one attached hydrogen (secondary N) is 2. The first-order chi connectivity index (χ1) is 39.8. The number of hydrogen-bond acceptors (Lipinski definition) is 12. The number of β-lactam (4-membered cyclic amide) rings is 1. The van der Waals surface area contributed by atoms with Crippen LogP contribution >= 0.6 is 45.7 Å². The number of alkyl halides is 1. The molecule has 0 radical (unpaired) electrons. The van der Waals surface area contributed by atoms with Crippen LogP contribution in [0.5, 0.6) is 0 Å². The van der Waals surface area contributed by atoms with Gasteiger partial charge in [-0.2, -0.15) is 0 Å². The van der Waals surface area contributed by atoms with Gasteiger partial charge in [-0.1, -0.05) is 270 Å². The van der Waals surface area contributed by atoms with Crippen molar-refractivity contribution in [1.29, 1.82) is 0 Å². The van der Waals surface area contributed by atoms with Crippen molar-refractivity contribution in [2.24, 2.45) is 5.16 Å². The molecule has 11 rings (SSSR count). The Balaban J connectivity index is 0.943. The van der Waals surface area contributed by atoms with Crippen LogP contribution in [-0.2, 0) is 39.0 Å². The molecule has 3 heterocycles. The molecule has 9 aromatic rings. The Kier molecular flexibility index (Phi) is 16.9. The molecule has 15 heteroatoms. The lowest BCUT2D eigenvalue weighted by atomic mass is 9.77. The van der Waals surface area contributed by atoms with Gasteiger partial charge in [0.2, 0.25) is 6.10 Å². The van der Waals surface area contributed by atoms with Gasteiger partial charge in [0.25, 0.3) is 11.8 Å². The molecular weight excluding hydrogens is 1170 g/mol. The molecule has 1 unspecified atom stereocenters. The fourth-order valence-corrected chi connectivity index (χ4v) is 13.1. The minimum Gasteiger partial charge on any atom is -0.449 e. The van der Waals surface area contributed by atoms with Gasteiger partial charge in [0.05, 0.1) is 0 Å². The number of ether oxygens (including phenoxy) is 2. The van der Waals surface area contributed by atoms with E-state index in [1.165, 1.54) is 28.0 Å². The summed E-state index contributed by atoms with van der Waals surface area (Å²) in [4.78, 5) is 71.9. The zero-order chi connectivity index (χ0) is 55.5. The SMILES string of the molecule is O=C(N[C@@H]1C(=O)N2C(C(=O)OC(c3ccccc3)c3ccccc3)=C(CI)CS[C@@H]12)C(=NOC(C(=O)OC(c1ccccc1)c1ccccc1)c1ccccc1)c1csc(NC(c2ccccc2)(c2ccccc2)c2ccccc2)n1. The Bertz CT molecular complexity index is 3500. The molecule has 1 fully saturated rings. The van der Waals surface area contributed by atoms with Gasteiger partial charge < -0.3 is 24.9 Å². The van der Waals surface area contributed by atoms with Gasteiger partial charge in [0, 0.05) is 21.1 Å². The number of aromatic nitrogens is 1. The summed E-state index contributed by atoms with van der Waals surface area (Å²) in [5, 5.41) is 12.7. The fourth-order valence-electron chi connectivity index (χ4n) is 10.1. The number of anilines is 1.